The van der Waals surface area contributed by atoms with Crippen LogP contribution in [0.2, 0.25) is 0 Å². The summed E-state index contributed by atoms with van der Waals surface area (Å²) in [6.07, 6.45) is 5.96. The summed E-state index contributed by atoms with van der Waals surface area (Å²) >= 11 is 0. The van der Waals surface area contributed by atoms with Crippen LogP contribution in [0.4, 0.5) is 4.39 Å². The third kappa shape index (κ3) is 4.29. The molecule has 3 heterocycles. The summed E-state index contributed by atoms with van der Waals surface area (Å²) in [7, 11) is 0. The first-order valence-corrected chi connectivity index (χ1v) is 12.4. The van der Waals surface area contributed by atoms with Crippen molar-refractivity contribution in [3.8, 4) is 11.1 Å². The van der Waals surface area contributed by atoms with Crippen LogP contribution < -0.4 is 0 Å². The van der Waals surface area contributed by atoms with Crippen LogP contribution in [-0.4, -0.2) is 38.8 Å². The number of aromatic nitrogens is 3. The van der Waals surface area contributed by atoms with Crippen molar-refractivity contribution in [2.45, 2.75) is 44.4 Å². The summed E-state index contributed by atoms with van der Waals surface area (Å²) in [6.45, 7) is 3.20. The number of amides is 1. The average Bonchev–Trinajstić information content (AvgIpc) is 3.74. The molecule has 0 unspecified atom stereocenters. The third-order valence-electron chi connectivity index (χ3n) is 7.15. The number of piperidine rings is 1. The van der Waals surface area contributed by atoms with E-state index < -0.39 is 0 Å². The van der Waals surface area contributed by atoms with Crippen molar-refractivity contribution in [3.05, 3.63) is 89.4 Å². The van der Waals surface area contributed by atoms with Crippen molar-refractivity contribution in [3.63, 3.8) is 0 Å². The Labute approximate surface area is 204 Å². The monoisotopic (exact) mass is 466 g/mol. The third-order valence-corrected chi connectivity index (χ3v) is 7.15. The summed E-state index contributed by atoms with van der Waals surface area (Å²) in [5.74, 6) is 1.05. The van der Waals surface area contributed by atoms with Crippen molar-refractivity contribution in [1.82, 2.24) is 19.9 Å². The first-order chi connectivity index (χ1) is 17.1. The van der Waals surface area contributed by atoms with Crippen LogP contribution in [0.25, 0.3) is 22.0 Å². The highest BCUT2D eigenvalue weighted by Crippen LogP contribution is 2.40. The Bertz CT molecular complexity index is 1410. The highest BCUT2D eigenvalue weighted by atomic mass is 19.1. The van der Waals surface area contributed by atoms with Gasteiger partial charge < -0.3 is 4.90 Å². The zero-order valence-corrected chi connectivity index (χ0v) is 19.7. The molecule has 176 valence electrons. The largest absolute Gasteiger partial charge is 0.338 e. The minimum absolute atomic E-state index is 0.0595. The van der Waals surface area contributed by atoms with E-state index in [2.05, 4.69) is 4.98 Å². The van der Waals surface area contributed by atoms with E-state index in [4.69, 9.17) is 9.97 Å². The molecule has 35 heavy (non-hydrogen) atoms. The normalized spacial score (nSPS) is 18.1. The second-order valence-electron chi connectivity index (χ2n) is 9.70. The SMILES string of the molecule is Cc1ncc(-c2ccc(F)cc2)c([C@@H]2CCCN(C(=O)c3cc(C4CC4)nc4ccccc34)C2)n1. The summed E-state index contributed by atoms with van der Waals surface area (Å²) in [6, 6.07) is 16.4. The van der Waals surface area contributed by atoms with Gasteiger partial charge in [-0.3, -0.25) is 9.78 Å². The second-order valence-corrected chi connectivity index (χ2v) is 9.70. The van der Waals surface area contributed by atoms with Gasteiger partial charge in [0.1, 0.15) is 11.6 Å². The number of para-hydroxylation sites is 1. The van der Waals surface area contributed by atoms with Crippen LogP contribution >= 0.6 is 0 Å². The van der Waals surface area contributed by atoms with Gasteiger partial charge in [0.05, 0.1) is 16.8 Å². The van der Waals surface area contributed by atoms with E-state index in [0.29, 0.717) is 18.3 Å². The van der Waals surface area contributed by atoms with E-state index in [1.165, 1.54) is 12.1 Å². The molecule has 6 heteroatoms. The number of carbonyl (C=O) groups is 1. The fourth-order valence-corrected chi connectivity index (χ4v) is 5.17. The summed E-state index contributed by atoms with van der Waals surface area (Å²) in [4.78, 5) is 29.9. The quantitative estimate of drug-likeness (QED) is 0.368. The lowest BCUT2D eigenvalue weighted by Crippen LogP contribution is -2.39. The number of hydrogen-bond acceptors (Lipinski definition) is 4. The van der Waals surface area contributed by atoms with E-state index in [1.807, 2.05) is 48.4 Å². The molecule has 1 atom stereocenters. The topological polar surface area (TPSA) is 59.0 Å². The molecular formula is C29H27FN4O. The maximum Gasteiger partial charge on any atom is 0.254 e. The number of carbonyl (C=O) groups excluding carboxylic acids is 1. The predicted octanol–water partition coefficient (Wildman–Crippen LogP) is 6.04. The maximum atomic E-state index is 13.9. The number of aryl methyl sites for hydroxylation is 1. The second kappa shape index (κ2) is 8.84. The standard InChI is InChI=1S/C29H27FN4O/c1-18-31-16-25(19-10-12-22(30)13-11-19)28(32-18)21-5-4-14-34(17-21)29(35)24-15-27(20-8-9-20)33-26-7-3-2-6-23(24)26/h2-3,6-7,10-13,15-16,20-21H,4-5,8-9,14,17H2,1H3/t21-/m1/s1. The Morgan fingerprint density at radius 2 is 1.80 bits per heavy atom. The number of benzene rings is 2. The molecule has 1 aliphatic carbocycles. The van der Waals surface area contributed by atoms with Gasteiger partial charge >= 0.3 is 0 Å². The Morgan fingerprint density at radius 1 is 1.00 bits per heavy atom. The van der Waals surface area contributed by atoms with Gasteiger partial charge in [-0.2, -0.15) is 0 Å². The number of nitrogens with zero attached hydrogens (tertiary/aromatic N) is 4. The van der Waals surface area contributed by atoms with Gasteiger partial charge in [-0.1, -0.05) is 30.3 Å². The fourth-order valence-electron chi connectivity index (χ4n) is 5.17. The molecule has 0 N–H and O–H groups in total. The van der Waals surface area contributed by atoms with Crippen molar-refractivity contribution >= 4 is 16.8 Å². The Balaban J connectivity index is 1.34. The molecule has 1 saturated carbocycles. The van der Waals surface area contributed by atoms with Crippen LogP contribution in [-0.2, 0) is 0 Å². The van der Waals surface area contributed by atoms with Crippen molar-refractivity contribution in [1.29, 1.82) is 0 Å². The molecular weight excluding hydrogens is 439 g/mol. The molecule has 0 radical (unpaired) electrons. The molecule has 2 aliphatic rings. The minimum Gasteiger partial charge on any atom is -0.338 e. The van der Waals surface area contributed by atoms with Crippen LogP contribution in [0.3, 0.4) is 0 Å². The smallest absolute Gasteiger partial charge is 0.254 e. The molecule has 0 spiro atoms. The number of fused-ring (bicyclic) bond motifs is 1. The molecule has 2 fully saturated rings. The van der Waals surface area contributed by atoms with E-state index in [-0.39, 0.29) is 17.6 Å². The molecule has 1 aliphatic heterocycles. The minimum atomic E-state index is -0.270. The lowest BCUT2D eigenvalue weighted by molar-refractivity contribution is 0.0708. The lowest BCUT2D eigenvalue weighted by atomic mass is 9.89. The Kier molecular flexibility index (Phi) is 5.51. The van der Waals surface area contributed by atoms with E-state index in [0.717, 1.165) is 71.2 Å². The Morgan fingerprint density at radius 3 is 2.60 bits per heavy atom. The molecule has 0 bridgehead atoms. The molecule has 2 aromatic heterocycles. The summed E-state index contributed by atoms with van der Waals surface area (Å²) in [5.41, 5.74) is 5.39. The maximum absolute atomic E-state index is 13.9. The van der Waals surface area contributed by atoms with Gasteiger partial charge in [0.25, 0.3) is 5.91 Å². The van der Waals surface area contributed by atoms with Gasteiger partial charge in [0.2, 0.25) is 0 Å². The van der Waals surface area contributed by atoms with Gasteiger partial charge in [-0.15, -0.1) is 0 Å². The lowest BCUT2D eigenvalue weighted by Gasteiger charge is -2.33. The van der Waals surface area contributed by atoms with Crippen molar-refractivity contribution in [2.24, 2.45) is 0 Å². The average molecular weight is 467 g/mol. The number of halogens is 1. The van der Waals surface area contributed by atoms with Gasteiger partial charge in [0.15, 0.2) is 0 Å². The van der Waals surface area contributed by atoms with E-state index >= 15 is 0 Å². The van der Waals surface area contributed by atoms with Crippen LogP contribution in [0, 0.1) is 12.7 Å². The number of likely N-dealkylation sites (tertiary alicyclic amines) is 1. The number of rotatable bonds is 4. The zero-order valence-electron chi connectivity index (χ0n) is 19.7. The molecule has 2 aromatic carbocycles. The highest BCUT2D eigenvalue weighted by Gasteiger charge is 2.31. The summed E-state index contributed by atoms with van der Waals surface area (Å²) in [5, 5.41) is 0.911. The highest BCUT2D eigenvalue weighted by molar-refractivity contribution is 6.06. The first kappa shape index (κ1) is 21.8. The van der Waals surface area contributed by atoms with Crippen molar-refractivity contribution < 1.29 is 9.18 Å². The van der Waals surface area contributed by atoms with Gasteiger partial charge in [-0.05, 0) is 62.4 Å². The first-order valence-electron chi connectivity index (χ1n) is 12.4. The Hall–Kier alpha value is -3.67. The van der Waals surface area contributed by atoms with Crippen LogP contribution in [0.5, 0.6) is 0 Å². The molecule has 6 rings (SSSR count). The molecule has 4 aromatic rings. The number of pyridine rings is 1. The summed E-state index contributed by atoms with van der Waals surface area (Å²) < 4.78 is 13.5. The van der Waals surface area contributed by atoms with Crippen LogP contribution in [0.1, 0.15) is 65.1 Å². The van der Waals surface area contributed by atoms with E-state index in [9.17, 15) is 9.18 Å². The molecule has 1 saturated heterocycles. The van der Waals surface area contributed by atoms with Crippen LogP contribution in [0.15, 0.2) is 60.8 Å². The van der Waals surface area contributed by atoms with Gasteiger partial charge in [0, 0.05) is 47.8 Å². The van der Waals surface area contributed by atoms with Crippen molar-refractivity contribution in [2.75, 3.05) is 13.1 Å². The predicted molar refractivity (Wildman–Crippen MR) is 134 cm³/mol. The zero-order chi connectivity index (χ0) is 23.9. The van der Waals surface area contributed by atoms with Gasteiger partial charge in [-0.25, -0.2) is 14.4 Å². The number of hydrogen-bond donors (Lipinski definition) is 0. The van der Waals surface area contributed by atoms with E-state index in [1.54, 1.807) is 12.1 Å². The fraction of sp³-hybridized carbons (Fsp3) is 0.310. The molecule has 5 nitrogen and oxygen atoms in total. The molecule has 1 amide bonds.